The van der Waals surface area contributed by atoms with Gasteiger partial charge in [-0.2, -0.15) is 13.2 Å². The van der Waals surface area contributed by atoms with E-state index < -0.39 is 11.7 Å². The summed E-state index contributed by atoms with van der Waals surface area (Å²) in [6.45, 7) is 3.80. The fraction of sp³-hybridized carbons (Fsp3) is 0.455. The minimum Gasteiger partial charge on any atom is -0.378 e. The molecule has 0 saturated heterocycles. The SMILES string of the molecule is CC1(C)CSc2cccc(C(F)(F)F)c2N1. The molecular weight excluding hydrogens is 235 g/mol. The van der Waals surface area contributed by atoms with E-state index in [1.54, 1.807) is 6.07 Å². The molecule has 0 radical (unpaired) electrons. The first-order chi connectivity index (χ1) is 7.30. The highest BCUT2D eigenvalue weighted by Gasteiger charge is 2.37. The van der Waals surface area contributed by atoms with Gasteiger partial charge in [0.25, 0.3) is 0 Å². The number of hydrogen-bond donors (Lipinski definition) is 1. The molecule has 0 atom stereocenters. The second-order valence-corrected chi connectivity index (χ2v) is 5.49. The Balaban J connectivity index is 2.51. The largest absolute Gasteiger partial charge is 0.418 e. The fourth-order valence-electron chi connectivity index (χ4n) is 1.65. The molecule has 0 spiro atoms. The second kappa shape index (κ2) is 3.58. The van der Waals surface area contributed by atoms with E-state index in [0.29, 0.717) is 4.90 Å². The minimum atomic E-state index is -4.30. The van der Waals surface area contributed by atoms with Crippen LogP contribution in [0.3, 0.4) is 0 Å². The Bertz CT molecular complexity index is 412. The van der Waals surface area contributed by atoms with Crippen molar-refractivity contribution in [3.8, 4) is 0 Å². The summed E-state index contributed by atoms with van der Waals surface area (Å²) in [6, 6.07) is 4.29. The van der Waals surface area contributed by atoms with Crippen molar-refractivity contribution in [2.75, 3.05) is 11.1 Å². The van der Waals surface area contributed by atoms with Gasteiger partial charge in [0.2, 0.25) is 0 Å². The summed E-state index contributed by atoms with van der Waals surface area (Å²) in [5.41, 5.74) is -0.666. The molecule has 0 fully saturated rings. The van der Waals surface area contributed by atoms with Crippen LogP contribution in [0.2, 0.25) is 0 Å². The number of anilines is 1. The van der Waals surface area contributed by atoms with Gasteiger partial charge in [0.15, 0.2) is 0 Å². The molecule has 0 amide bonds. The van der Waals surface area contributed by atoms with Gasteiger partial charge in [0.1, 0.15) is 0 Å². The normalized spacial score (nSPS) is 18.8. The number of nitrogens with one attached hydrogen (secondary N) is 1. The number of benzene rings is 1. The van der Waals surface area contributed by atoms with Crippen LogP contribution < -0.4 is 5.32 Å². The topological polar surface area (TPSA) is 12.0 Å². The summed E-state index contributed by atoms with van der Waals surface area (Å²) in [6.07, 6.45) is -4.30. The van der Waals surface area contributed by atoms with Gasteiger partial charge >= 0.3 is 6.18 Å². The quantitative estimate of drug-likeness (QED) is 0.743. The first kappa shape index (κ1) is 11.6. The van der Waals surface area contributed by atoms with E-state index in [1.807, 2.05) is 13.8 Å². The molecule has 1 heterocycles. The zero-order valence-electron chi connectivity index (χ0n) is 8.98. The zero-order chi connectivity index (χ0) is 12.0. The van der Waals surface area contributed by atoms with Crippen molar-refractivity contribution in [3.05, 3.63) is 23.8 Å². The van der Waals surface area contributed by atoms with E-state index in [9.17, 15) is 13.2 Å². The monoisotopic (exact) mass is 247 g/mol. The van der Waals surface area contributed by atoms with E-state index in [4.69, 9.17) is 0 Å². The van der Waals surface area contributed by atoms with Gasteiger partial charge in [-0.15, -0.1) is 11.8 Å². The zero-order valence-corrected chi connectivity index (χ0v) is 9.80. The Morgan fingerprint density at radius 3 is 2.62 bits per heavy atom. The number of para-hydroxylation sites is 1. The highest BCUT2D eigenvalue weighted by Crippen LogP contribution is 2.44. The van der Waals surface area contributed by atoms with Gasteiger partial charge < -0.3 is 5.32 Å². The smallest absolute Gasteiger partial charge is 0.378 e. The summed E-state index contributed by atoms with van der Waals surface area (Å²) in [5, 5.41) is 2.97. The van der Waals surface area contributed by atoms with Crippen LogP contribution >= 0.6 is 11.8 Å². The number of fused-ring (bicyclic) bond motifs is 1. The average Bonchev–Trinajstić information content (AvgIpc) is 2.13. The third-order valence-corrected chi connectivity index (χ3v) is 3.90. The van der Waals surface area contributed by atoms with Crippen LogP contribution in [0.4, 0.5) is 18.9 Å². The summed E-state index contributed by atoms with van der Waals surface area (Å²) in [7, 11) is 0. The maximum absolute atomic E-state index is 12.8. The predicted octanol–water partition coefficient (Wildman–Crippen LogP) is 4.00. The van der Waals surface area contributed by atoms with Crippen LogP contribution in [-0.4, -0.2) is 11.3 Å². The van der Waals surface area contributed by atoms with E-state index in [0.717, 1.165) is 11.8 Å². The van der Waals surface area contributed by atoms with Crippen LogP contribution in [0, 0.1) is 0 Å². The Kier molecular flexibility index (Phi) is 2.61. The maximum Gasteiger partial charge on any atom is 0.418 e. The first-order valence-electron chi connectivity index (χ1n) is 4.91. The van der Waals surface area contributed by atoms with Gasteiger partial charge in [-0.3, -0.25) is 0 Å². The van der Waals surface area contributed by atoms with Crippen LogP contribution in [-0.2, 0) is 6.18 Å². The number of hydrogen-bond acceptors (Lipinski definition) is 2. The van der Waals surface area contributed by atoms with Crippen LogP contribution in [0.5, 0.6) is 0 Å². The highest BCUT2D eigenvalue weighted by molar-refractivity contribution is 7.99. The molecule has 5 heteroatoms. The molecule has 0 aliphatic carbocycles. The van der Waals surface area contributed by atoms with Crippen molar-refractivity contribution < 1.29 is 13.2 Å². The molecule has 0 unspecified atom stereocenters. The van der Waals surface area contributed by atoms with Gasteiger partial charge in [0, 0.05) is 16.2 Å². The van der Waals surface area contributed by atoms with Crippen molar-refractivity contribution >= 4 is 17.4 Å². The number of thioether (sulfide) groups is 1. The maximum atomic E-state index is 12.8. The Labute approximate surface area is 96.4 Å². The lowest BCUT2D eigenvalue weighted by Gasteiger charge is -2.34. The Morgan fingerprint density at radius 1 is 1.31 bits per heavy atom. The molecule has 88 valence electrons. The molecule has 1 nitrogen and oxygen atoms in total. The summed E-state index contributed by atoms with van der Waals surface area (Å²) in [4.78, 5) is 0.675. The summed E-state index contributed by atoms with van der Waals surface area (Å²) in [5.74, 6) is 0.765. The van der Waals surface area contributed by atoms with Crippen molar-refractivity contribution in [2.24, 2.45) is 0 Å². The second-order valence-electron chi connectivity index (χ2n) is 4.47. The van der Waals surface area contributed by atoms with Crippen LogP contribution in [0.15, 0.2) is 23.1 Å². The van der Waals surface area contributed by atoms with Crippen molar-refractivity contribution in [3.63, 3.8) is 0 Å². The third-order valence-electron chi connectivity index (χ3n) is 2.38. The predicted molar refractivity (Wildman–Crippen MR) is 59.9 cm³/mol. The highest BCUT2D eigenvalue weighted by atomic mass is 32.2. The molecule has 0 aromatic heterocycles. The van der Waals surface area contributed by atoms with Crippen molar-refractivity contribution in [1.29, 1.82) is 0 Å². The first-order valence-corrected chi connectivity index (χ1v) is 5.89. The number of rotatable bonds is 0. The van der Waals surface area contributed by atoms with Gasteiger partial charge in [-0.1, -0.05) is 6.07 Å². The lowest BCUT2D eigenvalue weighted by molar-refractivity contribution is -0.137. The minimum absolute atomic E-state index is 0.219. The van der Waals surface area contributed by atoms with Gasteiger partial charge in [-0.05, 0) is 26.0 Å². The molecule has 0 saturated carbocycles. The summed E-state index contributed by atoms with van der Waals surface area (Å²) < 4.78 is 38.3. The molecule has 1 aliphatic heterocycles. The molecule has 0 bridgehead atoms. The van der Waals surface area contributed by atoms with Crippen LogP contribution in [0.25, 0.3) is 0 Å². The van der Waals surface area contributed by atoms with E-state index in [-0.39, 0.29) is 11.2 Å². The van der Waals surface area contributed by atoms with Crippen LogP contribution in [0.1, 0.15) is 19.4 Å². The van der Waals surface area contributed by atoms with Crippen molar-refractivity contribution in [2.45, 2.75) is 30.5 Å². The molecule has 16 heavy (non-hydrogen) atoms. The molecule has 1 aliphatic rings. The van der Waals surface area contributed by atoms with Gasteiger partial charge in [-0.25, -0.2) is 0 Å². The van der Waals surface area contributed by atoms with Crippen molar-refractivity contribution in [1.82, 2.24) is 0 Å². The van der Waals surface area contributed by atoms with Gasteiger partial charge in [0.05, 0.1) is 11.3 Å². The Hall–Kier alpha value is -0.840. The lowest BCUT2D eigenvalue weighted by atomic mass is 10.1. The molecule has 1 aromatic carbocycles. The Morgan fingerprint density at radius 2 is 2.00 bits per heavy atom. The summed E-state index contributed by atoms with van der Waals surface area (Å²) >= 11 is 1.46. The third kappa shape index (κ3) is 2.14. The molecule has 2 rings (SSSR count). The average molecular weight is 247 g/mol. The number of halogens is 3. The van der Waals surface area contributed by atoms with E-state index in [1.165, 1.54) is 17.8 Å². The van der Waals surface area contributed by atoms with E-state index >= 15 is 0 Å². The molecule has 1 aromatic rings. The van der Waals surface area contributed by atoms with E-state index in [2.05, 4.69) is 5.32 Å². The molecular formula is C11H12F3NS. The molecule has 1 N–H and O–H groups in total. The lowest BCUT2D eigenvalue weighted by Crippen LogP contribution is -2.37. The fourth-order valence-corrected chi connectivity index (χ4v) is 2.72. The standard InChI is InChI=1S/C11H12F3NS/c1-10(2)6-16-8-5-3-4-7(9(8)15-10)11(12,13)14/h3-5,15H,6H2,1-2H3. The number of alkyl halides is 3.